The molecule has 3 rings (SSSR count). The molecule has 9 heteroatoms. The number of aliphatic hydroxyl groups excluding tert-OH is 1. The number of rotatable bonds is 8. The van der Waals surface area contributed by atoms with Crippen molar-refractivity contribution in [3.05, 3.63) is 58.9 Å². The molecule has 3 N–H and O–H groups in total. The summed E-state index contributed by atoms with van der Waals surface area (Å²) in [6, 6.07) is 10.6. The Morgan fingerprint density at radius 2 is 1.93 bits per heavy atom. The molecule has 2 aromatic heterocycles. The van der Waals surface area contributed by atoms with Crippen LogP contribution in [0.5, 0.6) is 5.75 Å². The van der Waals surface area contributed by atoms with Crippen molar-refractivity contribution >= 4 is 17.6 Å². The summed E-state index contributed by atoms with van der Waals surface area (Å²) in [7, 11) is 1.61. The smallest absolute Gasteiger partial charge is 0.278 e. The van der Waals surface area contributed by atoms with Crippen molar-refractivity contribution in [3.63, 3.8) is 0 Å². The molecule has 0 radical (unpaired) electrons. The lowest BCUT2D eigenvalue weighted by Crippen LogP contribution is -2.17. The van der Waals surface area contributed by atoms with Gasteiger partial charge in [0.2, 0.25) is 5.88 Å². The molecule has 1 atom stereocenters. The van der Waals surface area contributed by atoms with Gasteiger partial charge in [0.1, 0.15) is 11.6 Å². The Balaban J connectivity index is 1.69. The standard InChI is InChI=1S/C20H23N5O4/c1-12-13(2)25-29-20(12)22-19(27)17-8-9-18(24-23-17)21-16(10-11-26)14-4-6-15(28-3)7-5-14/h4-9,16,26H,10-11H2,1-3H3,(H,21,24)(H,22,27). The second-order valence-corrected chi connectivity index (χ2v) is 6.46. The van der Waals surface area contributed by atoms with Gasteiger partial charge in [0.05, 0.1) is 18.8 Å². The molecule has 1 unspecified atom stereocenters. The molecule has 0 saturated heterocycles. The maximum atomic E-state index is 12.3. The van der Waals surface area contributed by atoms with Crippen LogP contribution in [0.25, 0.3) is 0 Å². The number of ether oxygens (including phenoxy) is 1. The Kier molecular flexibility index (Phi) is 6.40. The van der Waals surface area contributed by atoms with Crippen molar-refractivity contribution in [1.82, 2.24) is 15.4 Å². The first-order valence-electron chi connectivity index (χ1n) is 9.11. The van der Waals surface area contributed by atoms with Crippen molar-refractivity contribution in [2.75, 3.05) is 24.4 Å². The van der Waals surface area contributed by atoms with E-state index in [1.807, 2.05) is 24.3 Å². The van der Waals surface area contributed by atoms with E-state index in [9.17, 15) is 9.90 Å². The van der Waals surface area contributed by atoms with Crippen LogP contribution in [0.2, 0.25) is 0 Å². The highest BCUT2D eigenvalue weighted by atomic mass is 16.5. The van der Waals surface area contributed by atoms with Crippen molar-refractivity contribution in [1.29, 1.82) is 0 Å². The normalized spacial score (nSPS) is 11.7. The summed E-state index contributed by atoms with van der Waals surface area (Å²) in [5.41, 5.74) is 2.59. The van der Waals surface area contributed by atoms with Crippen LogP contribution in [0.1, 0.15) is 39.8 Å². The van der Waals surface area contributed by atoms with Crippen LogP contribution in [0.3, 0.4) is 0 Å². The molecule has 1 amide bonds. The second-order valence-electron chi connectivity index (χ2n) is 6.46. The van der Waals surface area contributed by atoms with E-state index >= 15 is 0 Å². The van der Waals surface area contributed by atoms with E-state index in [2.05, 4.69) is 26.0 Å². The molecule has 0 fully saturated rings. The molecule has 2 heterocycles. The predicted molar refractivity (Wildman–Crippen MR) is 107 cm³/mol. The number of hydrogen-bond acceptors (Lipinski definition) is 8. The molecule has 9 nitrogen and oxygen atoms in total. The molecule has 0 saturated carbocycles. The maximum absolute atomic E-state index is 12.3. The molecule has 152 valence electrons. The van der Waals surface area contributed by atoms with Gasteiger partial charge in [0.15, 0.2) is 5.69 Å². The van der Waals surface area contributed by atoms with Crippen LogP contribution >= 0.6 is 0 Å². The summed E-state index contributed by atoms with van der Waals surface area (Å²) < 4.78 is 10.3. The Hall–Kier alpha value is -3.46. The summed E-state index contributed by atoms with van der Waals surface area (Å²) >= 11 is 0. The molecule has 3 aromatic rings. The quantitative estimate of drug-likeness (QED) is 0.530. The zero-order valence-electron chi connectivity index (χ0n) is 16.5. The zero-order chi connectivity index (χ0) is 20.8. The van der Waals surface area contributed by atoms with Crippen LogP contribution < -0.4 is 15.4 Å². The number of amides is 1. The van der Waals surface area contributed by atoms with Crippen LogP contribution in [0.4, 0.5) is 11.7 Å². The number of benzene rings is 1. The summed E-state index contributed by atoms with van der Waals surface area (Å²) in [6.07, 6.45) is 0.486. The lowest BCUT2D eigenvalue weighted by molar-refractivity contribution is 0.101. The molecule has 29 heavy (non-hydrogen) atoms. The van der Waals surface area contributed by atoms with E-state index in [1.54, 1.807) is 33.1 Å². The molecular formula is C20H23N5O4. The third-order valence-corrected chi connectivity index (χ3v) is 4.54. The largest absolute Gasteiger partial charge is 0.497 e. The zero-order valence-corrected chi connectivity index (χ0v) is 16.5. The number of carbonyl (C=O) groups excluding carboxylic acids is 1. The van der Waals surface area contributed by atoms with Crippen molar-refractivity contribution in [2.45, 2.75) is 26.3 Å². The van der Waals surface area contributed by atoms with Gasteiger partial charge in [-0.3, -0.25) is 10.1 Å². The van der Waals surface area contributed by atoms with Crippen LogP contribution in [0.15, 0.2) is 40.9 Å². The molecule has 1 aromatic carbocycles. The van der Waals surface area contributed by atoms with Gasteiger partial charge >= 0.3 is 0 Å². The number of aryl methyl sites for hydroxylation is 1. The topological polar surface area (TPSA) is 122 Å². The maximum Gasteiger partial charge on any atom is 0.278 e. The van der Waals surface area contributed by atoms with E-state index in [-0.39, 0.29) is 18.3 Å². The number of nitrogens with one attached hydrogen (secondary N) is 2. The highest BCUT2D eigenvalue weighted by Crippen LogP contribution is 2.24. The Morgan fingerprint density at radius 3 is 2.48 bits per heavy atom. The summed E-state index contributed by atoms with van der Waals surface area (Å²) in [4.78, 5) is 12.3. The van der Waals surface area contributed by atoms with Gasteiger partial charge in [-0.1, -0.05) is 17.3 Å². The lowest BCUT2D eigenvalue weighted by Gasteiger charge is -2.19. The average molecular weight is 397 g/mol. The molecule has 0 aliphatic rings. The highest BCUT2D eigenvalue weighted by molar-refractivity contribution is 6.02. The minimum absolute atomic E-state index is 0.00750. The third-order valence-electron chi connectivity index (χ3n) is 4.54. The van der Waals surface area contributed by atoms with Crippen molar-refractivity contribution < 1.29 is 19.2 Å². The number of anilines is 2. The fourth-order valence-electron chi connectivity index (χ4n) is 2.70. The van der Waals surface area contributed by atoms with Gasteiger partial charge < -0.3 is 19.7 Å². The van der Waals surface area contributed by atoms with Gasteiger partial charge in [-0.2, -0.15) is 0 Å². The summed E-state index contributed by atoms with van der Waals surface area (Å²) in [5.74, 6) is 1.09. The first-order valence-corrected chi connectivity index (χ1v) is 9.11. The molecule has 0 aliphatic heterocycles. The molecule has 0 aliphatic carbocycles. The van der Waals surface area contributed by atoms with E-state index in [4.69, 9.17) is 9.26 Å². The predicted octanol–water partition coefficient (Wildman–Crippen LogP) is 2.88. The monoisotopic (exact) mass is 397 g/mol. The first kappa shape index (κ1) is 20.3. The Labute approximate surface area is 168 Å². The number of aromatic nitrogens is 3. The molecule has 0 spiro atoms. The Bertz CT molecular complexity index is 954. The van der Waals surface area contributed by atoms with Crippen LogP contribution in [-0.2, 0) is 0 Å². The van der Waals surface area contributed by atoms with Crippen LogP contribution in [0, 0.1) is 13.8 Å². The number of carbonyl (C=O) groups is 1. The van der Waals surface area contributed by atoms with Gasteiger partial charge in [-0.05, 0) is 50.1 Å². The number of aliphatic hydroxyl groups is 1. The fourth-order valence-corrected chi connectivity index (χ4v) is 2.70. The second kappa shape index (κ2) is 9.16. The summed E-state index contributed by atoms with van der Waals surface area (Å²) in [5, 5.41) is 27.1. The Morgan fingerprint density at radius 1 is 1.17 bits per heavy atom. The van der Waals surface area contributed by atoms with Gasteiger partial charge in [-0.25, -0.2) is 0 Å². The summed E-state index contributed by atoms with van der Waals surface area (Å²) in [6.45, 7) is 3.61. The van der Waals surface area contributed by atoms with Gasteiger partial charge in [0.25, 0.3) is 5.91 Å². The fraction of sp³-hybridized carbons (Fsp3) is 0.300. The van der Waals surface area contributed by atoms with Crippen LogP contribution in [-0.4, -0.2) is 40.1 Å². The highest BCUT2D eigenvalue weighted by Gasteiger charge is 2.16. The molecule has 0 bridgehead atoms. The average Bonchev–Trinajstić information content (AvgIpc) is 3.06. The van der Waals surface area contributed by atoms with E-state index in [1.165, 1.54) is 0 Å². The van der Waals surface area contributed by atoms with Crippen molar-refractivity contribution in [2.24, 2.45) is 0 Å². The number of hydrogen-bond donors (Lipinski definition) is 3. The minimum Gasteiger partial charge on any atom is -0.497 e. The first-order chi connectivity index (χ1) is 14.0. The van der Waals surface area contributed by atoms with Gasteiger partial charge in [-0.15, -0.1) is 10.2 Å². The third kappa shape index (κ3) is 4.88. The number of nitrogens with zero attached hydrogens (tertiary/aromatic N) is 3. The van der Waals surface area contributed by atoms with E-state index < -0.39 is 5.91 Å². The van der Waals surface area contributed by atoms with Gasteiger partial charge in [0, 0.05) is 12.2 Å². The van der Waals surface area contributed by atoms with Crippen molar-refractivity contribution in [3.8, 4) is 5.75 Å². The van der Waals surface area contributed by atoms with E-state index in [0.29, 0.717) is 23.8 Å². The van der Waals surface area contributed by atoms with E-state index in [0.717, 1.165) is 16.9 Å². The SMILES string of the molecule is COc1ccc(C(CCO)Nc2ccc(C(=O)Nc3onc(C)c3C)nn2)cc1. The minimum atomic E-state index is -0.439. The molecular weight excluding hydrogens is 374 g/mol. The number of methoxy groups -OCH3 is 1. The lowest BCUT2D eigenvalue weighted by atomic mass is 10.0.